The van der Waals surface area contributed by atoms with Gasteiger partial charge in [-0.05, 0) is 44.6 Å². The SMILES string of the molecule is CC(C)CC(NC(=O)C(CS)NC(=O)C(CCCN=C(N)N)NC(=O)C(N)CCCCN)C(=O)O. The maximum Gasteiger partial charge on any atom is 0.326 e. The summed E-state index contributed by atoms with van der Waals surface area (Å²) in [5.41, 5.74) is 22.0. The van der Waals surface area contributed by atoms with Gasteiger partial charge in [0.05, 0.1) is 6.04 Å². The third-order valence-corrected chi connectivity index (χ3v) is 5.39. The van der Waals surface area contributed by atoms with E-state index in [9.17, 15) is 24.3 Å². The average molecular weight is 519 g/mol. The Morgan fingerprint density at radius 1 is 0.886 bits per heavy atom. The molecule has 3 amide bonds. The molecular formula is C21H42N8O5S. The Balaban J connectivity index is 5.31. The number of carbonyl (C=O) groups excluding carboxylic acids is 3. The molecule has 12 N–H and O–H groups in total. The lowest BCUT2D eigenvalue weighted by Gasteiger charge is -2.25. The van der Waals surface area contributed by atoms with Gasteiger partial charge >= 0.3 is 5.97 Å². The summed E-state index contributed by atoms with van der Waals surface area (Å²) in [7, 11) is 0. The molecule has 13 nitrogen and oxygen atoms in total. The first-order valence-corrected chi connectivity index (χ1v) is 12.3. The molecule has 0 radical (unpaired) electrons. The first-order chi connectivity index (χ1) is 16.4. The standard InChI is InChI=1S/C21H42N8O5S/c1-12(2)10-15(20(33)34)28-19(32)16(11-35)29-18(31)14(7-5-9-26-21(24)25)27-17(30)13(23)6-3-4-8-22/h12-16,35H,3-11,22-23H2,1-2H3,(H,27,30)(H,28,32)(H,29,31)(H,33,34)(H4,24,25,26). The van der Waals surface area contributed by atoms with E-state index in [4.69, 9.17) is 22.9 Å². The second-order valence-electron chi connectivity index (χ2n) is 8.67. The van der Waals surface area contributed by atoms with Gasteiger partial charge in [0.25, 0.3) is 0 Å². The normalized spacial score (nSPS) is 14.3. The number of nitrogens with zero attached hydrogens (tertiary/aromatic N) is 1. The largest absolute Gasteiger partial charge is 0.480 e. The zero-order valence-corrected chi connectivity index (χ0v) is 21.4. The van der Waals surface area contributed by atoms with Crippen LogP contribution >= 0.6 is 12.6 Å². The van der Waals surface area contributed by atoms with Crippen molar-refractivity contribution in [2.45, 2.75) is 76.5 Å². The Labute approximate surface area is 212 Å². The second-order valence-corrected chi connectivity index (χ2v) is 9.04. The predicted molar refractivity (Wildman–Crippen MR) is 138 cm³/mol. The number of thiol groups is 1. The van der Waals surface area contributed by atoms with Gasteiger partial charge in [0.1, 0.15) is 18.1 Å². The highest BCUT2D eigenvalue weighted by molar-refractivity contribution is 7.80. The van der Waals surface area contributed by atoms with Crippen molar-refractivity contribution in [2.75, 3.05) is 18.8 Å². The van der Waals surface area contributed by atoms with E-state index in [1.807, 2.05) is 13.8 Å². The molecule has 14 heteroatoms. The number of amides is 3. The Kier molecular flexibility index (Phi) is 16.5. The van der Waals surface area contributed by atoms with Crippen molar-refractivity contribution in [3.63, 3.8) is 0 Å². The Morgan fingerprint density at radius 3 is 1.97 bits per heavy atom. The lowest BCUT2D eigenvalue weighted by molar-refractivity contribution is -0.142. The molecular weight excluding hydrogens is 476 g/mol. The van der Waals surface area contributed by atoms with Gasteiger partial charge in [-0.25, -0.2) is 4.79 Å². The summed E-state index contributed by atoms with van der Waals surface area (Å²) in [4.78, 5) is 53.5. The van der Waals surface area contributed by atoms with Crippen LogP contribution in [0.5, 0.6) is 0 Å². The summed E-state index contributed by atoms with van der Waals surface area (Å²) in [6, 6.07) is -4.07. The number of aliphatic carboxylic acids is 1. The first-order valence-electron chi connectivity index (χ1n) is 11.7. The zero-order chi connectivity index (χ0) is 27.0. The lowest BCUT2D eigenvalue weighted by Crippen LogP contribution is -2.57. The maximum absolute atomic E-state index is 13.0. The molecule has 0 fully saturated rings. The molecule has 0 spiro atoms. The number of hydrogen-bond donors (Lipinski definition) is 9. The number of nitrogens with two attached hydrogens (primary N) is 4. The highest BCUT2D eigenvalue weighted by Crippen LogP contribution is 2.07. The van der Waals surface area contributed by atoms with Crippen molar-refractivity contribution in [3.05, 3.63) is 0 Å². The molecule has 0 aliphatic heterocycles. The molecule has 4 atom stereocenters. The van der Waals surface area contributed by atoms with Crippen LogP contribution in [0.15, 0.2) is 4.99 Å². The maximum atomic E-state index is 13.0. The minimum absolute atomic E-state index is 0.0271. The average Bonchev–Trinajstić information content (AvgIpc) is 2.77. The van der Waals surface area contributed by atoms with Gasteiger partial charge in [-0.15, -0.1) is 0 Å². The molecule has 0 aromatic heterocycles. The van der Waals surface area contributed by atoms with Gasteiger partial charge in [-0.3, -0.25) is 19.4 Å². The molecule has 0 aromatic rings. The van der Waals surface area contributed by atoms with E-state index in [2.05, 4.69) is 33.6 Å². The number of guanidine groups is 1. The van der Waals surface area contributed by atoms with Crippen LogP contribution in [0, 0.1) is 5.92 Å². The Hall–Kier alpha value is -2.58. The molecule has 4 unspecified atom stereocenters. The van der Waals surface area contributed by atoms with Gasteiger partial charge in [0.15, 0.2) is 5.96 Å². The van der Waals surface area contributed by atoms with Crippen molar-refractivity contribution in [2.24, 2.45) is 33.8 Å². The fourth-order valence-electron chi connectivity index (χ4n) is 3.12. The van der Waals surface area contributed by atoms with E-state index in [0.717, 1.165) is 6.42 Å². The topological polar surface area (TPSA) is 241 Å². The van der Waals surface area contributed by atoms with Crippen molar-refractivity contribution in [1.82, 2.24) is 16.0 Å². The number of unbranched alkanes of at least 4 members (excludes halogenated alkanes) is 1. The number of carboxylic acid groups (broad SMARTS) is 1. The number of aliphatic imine (C=N–C) groups is 1. The number of carboxylic acids is 1. The van der Waals surface area contributed by atoms with Crippen LogP contribution in [0.25, 0.3) is 0 Å². The molecule has 0 rings (SSSR count). The summed E-state index contributed by atoms with van der Waals surface area (Å²) in [6.07, 6.45) is 2.55. The highest BCUT2D eigenvalue weighted by atomic mass is 32.1. The summed E-state index contributed by atoms with van der Waals surface area (Å²) >= 11 is 4.11. The second kappa shape index (κ2) is 17.8. The Morgan fingerprint density at radius 2 is 1.46 bits per heavy atom. The Bertz CT molecular complexity index is 718. The minimum Gasteiger partial charge on any atom is -0.480 e. The molecule has 202 valence electrons. The fourth-order valence-corrected chi connectivity index (χ4v) is 3.38. The zero-order valence-electron chi connectivity index (χ0n) is 20.5. The lowest BCUT2D eigenvalue weighted by atomic mass is 10.0. The van der Waals surface area contributed by atoms with Gasteiger partial charge in [0, 0.05) is 12.3 Å². The molecule has 0 aliphatic rings. The van der Waals surface area contributed by atoms with Crippen molar-refractivity contribution < 1.29 is 24.3 Å². The summed E-state index contributed by atoms with van der Waals surface area (Å²) < 4.78 is 0. The molecule has 0 aromatic carbocycles. The first kappa shape index (κ1) is 32.4. The van der Waals surface area contributed by atoms with Crippen LogP contribution in [0.4, 0.5) is 0 Å². The van der Waals surface area contributed by atoms with Gasteiger partial charge < -0.3 is 44.0 Å². The number of carbonyl (C=O) groups is 4. The molecule has 0 bridgehead atoms. The number of rotatable bonds is 18. The van der Waals surface area contributed by atoms with Crippen LogP contribution in [0.3, 0.4) is 0 Å². The number of nitrogens with one attached hydrogen (secondary N) is 3. The summed E-state index contributed by atoms with van der Waals surface area (Å²) in [5, 5.41) is 16.9. The van der Waals surface area contributed by atoms with Crippen molar-refractivity contribution >= 4 is 42.3 Å². The quantitative estimate of drug-likeness (QED) is 0.0421. The van der Waals surface area contributed by atoms with Crippen LogP contribution < -0.4 is 38.9 Å². The smallest absolute Gasteiger partial charge is 0.326 e. The van der Waals surface area contributed by atoms with E-state index in [0.29, 0.717) is 25.8 Å². The third-order valence-electron chi connectivity index (χ3n) is 5.02. The van der Waals surface area contributed by atoms with Crippen LogP contribution in [0.2, 0.25) is 0 Å². The van der Waals surface area contributed by atoms with Gasteiger partial charge in [0.2, 0.25) is 17.7 Å². The van der Waals surface area contributed by atoms with E-state index in [-0.39, 0.29) is 37.0 Å². The molecule has 0 saturated heterocycles. The monoisotopic (exact) mass is 518 g/mol. The molecule has 0 heterocycles. The fraction of sp³-hybridized carbons (Fsp3) is 0.762. The van der Waals surface area contributed by atoms with E-state index >= 15 is 0 Å². The predicted octanol–water partition coefficient (Wildman–Crippen LogP) is -1.99. The summed E-state index contributed by atoms with van der Waals surface area (Å²) in [6.45, 7) is 4.38. The van der Waals surface area contributed by atoms with Crippen LogP contribution in [-0.4, -0.2) is 77.8 Å². The summed E-state index contributed by atoms with van der Waals surface area (Å²) in [5.74, 6) is -3.17. The molecule has 0 saturated carbocycles. The van der Waals surface area contributed by atoms with E-state index in [1.54, 1.807) is 0 Å². The van der Waals surface area contributed by atoms with Crippen molar-refractivity contribution in [1.29, 1.82) is 0 Å². The molecule has 0 aliphatic carbocycles. The van der Waals surface area contributed by atoms with Gasteiger partial charge in [-0.2, -0.15) is 12.6 Å². The third kappa shape index (κ3) is 14.4. The molecule has 35 heavy (non-hydrogen) atoms. The number of hydrogen-bond acceptors (Lipinski definition) is 8. The van der Waals surface area contributed by atoms with Crippen LogP contribution in [-0.2, 0) is 19.2 Å². The van der Waals surface area contributed by atoms with E-state index in [1.165, 1.54) is 0 Å². The van der Waals surface area contributed by atoms with Gasteiger partial charge in [-0.1, -0.05) is 20.3 Å². The highest BCUT2D eigenvalue weighted by Gasteiger charge is 2.29. The van der Waals surface area contributed by atoms with Crippen LogP contribution in [0.1, 0.15) is 52.4 Å². The minimum atomic E-state index is -1.18. The van der Waals surface area contributed by atoms with E-state index < -0.39 is 47.9 Å². The van der Waals surface area contributed by atoms with Crippen molar-refractivity contribution in [3.8, 4) is 0 Å².